The van der Waals surface area contributed by atoms with E-state index in [0.29, 0.717) is 5.75 Å². The van der Waals surface area contributed by atoms with E-state index in [4.69, 9.17) is 0 Å². The summed E-state index contributed by atoms with van der Waals surface area (Å²) in [7, 11) is -3.56. The Labute approximate surface area is 123 Å². The number of aliphatic hydroxyl groups excluding tert-OH is 1. The largest absolute Gasteiger partial charge is 0.395 e. The van der Waals surface area contributed by atoms with Gasteiger partial charge < -0.3 is 5.11 Å². The molecule has 0 heterocycles. The van der Waals surface area contributed by atoms with Gasteiger partial charge in [-0.3, -0.25) is 0 Å². The van der Waals surface area contributed by atoms with Gasteiger partial charge in [0.25, 0.3) is 0 Å². The molecule has 1 atom stereocenters. The highest BCUT2D eigenvalue weighted by Gasteiger charge is 2.19. The van der Waals surface area contributed by atoms with Crippen molar-refractivity contribution >= 4 is 33.5 Å². The molecule has 0 aliphatic rings. The molecule has 0 amide bonds. The molecule has 0 radical (unpaired) electrons. The van der Waals surface area contributed by atoms with Crippen molar-refractivity contribution in [1.82, 2.24) is 4.72 Å². The van der Waals surface area contributed by atoms with Gasteiger partial charge in [0.15, 0.2) is 0 Å². The SMILES string of the molecule is CSCSC[C@@H](CO)NS(=O)(=O)c1ccc(C)cc1. The maximum atomic E-state index is 12.1. The van der Waals surface area contributed by atoms with Gasteiger partial charge in [-0.15, -0.1) is 11.8 Å². The molecule has 0 bridgehead atoms. The third kappa shape index (κ3) is 5.74. The Kier molecular flexibility index (Phi) is 7.23. The van der Waals surface area contributed by atoms with Crippen LogP contribution < -0.4 is 4.72 Å². The summed E-state index contributed by atoms with van der Waals surface area (Å²) in [6.07, 6.45) is 1.98. The third-order valence-corrected chi connectivity index (χ3v) is 6.18. The summed E-state index contributed by atoms with van der Waals surface area (Å²) >= 11 is 3.27. The molecule has 0 saturated heterocycles. The average molecular weight is 321 g/mol. The van der Waals surface area contributed by atoms with Crippen LogP contribution in [0.1, 0.15) is 5.56 Å². The summed E-state index contributed by atoms with van der Waals surface area (Å²) in [5, 5.41) is 10.1. The molecular weight excluding hydrogens is 302 g/mol. The van der Waals surface area contributed by atoms with Crippen LogP contribution in [0.2, 0.25) is 0 Å². The maximum Gasteiger partial charge on any atom is 0.240 e. The van der Waals surface area contributed by atoms with Crippen LogP contribution in [0.4, 0.5) is 0 Å². The lowest BCUT2D eigenvalue weighted by Crippen LogP contribution is -2.39. The fraction of sp³-hybridized carbons (Fsp3) is 0.500. The fourth-order valence-electron chi connectivity index (χ4n) is 1.40. The zero-order valence-electron chi connectivity index (χ0n) is 11.0. The molecule has 19 heavy (non-hydrogen) atoms. The van der Waals surface area contributed by atoms with Gasteiger partial charge in [-0.1, -0.05) is 17.7 Å². The first-order valence-electron chi connectivity index (χ1n) is 5.76. The van der Waals surface area contributed by atoms with Crippen LogP contribution in [-0.2, 0) is 10.0 Å². The average Bonchev–Trinajstić information content (AvgIpc) is 2.38. The van der Waals surface area contributed by atoms with E-state index in [2.05, 4.69) is 4.72 Å². The number of rotatable bonds is 8. The number of aryl methyl sites for hydroxylation is 1. The number of aliphatic hydroxyl groups is 1. The highest BCUT2D eigenvalue weighted by atomic mass is 32.2. The Bertz CT molecular complexity index is 473. The lowest BCUT2D eigenvalue weighted by Gasteiger charge is -2.16. The normalized spacial score (nSPS) is 13.4. The molecule has 0 aromatic heterocycles. The van der Waals surface area contributed by atoms with Crippen LogP contribution in [0.3, 0.4) is 0 Å². The molecule has 0 aliphatic carbocycles. The Morgan fingerprint density at radius 3 is 2.47 bits per heavy atom. The predicted molar refractivity (Wildman–Crippen MR) is 83.2 cm³/mol. The van der Waals surface area contributed by atoms with Crippen molar-refractivity contribution in [3.63, 3.8) is 0 Å². The van der Waals surface area contributed by atoms with E-state index in [9.17, 15) is 13.5 Å². The molecule has 0 saturated carbocycles. The van der Waals surface area contributed by atoms with E-state index in [1.165, 1.54) is 0 Å². The van der Waals surface area contributed by atoms with Crippen LogP contribution in [0.15, 0.2) is 29.2 Å². The van der Waals surface area contributed by atoms with E-state index in [1.807, 2.05) is 13.2 Å². The van der Waals surface area contributed by atoms with Crippen molar-refractivity contribution in [2.75, 3.05) is 23.7 Å². The number of sulfonamides is 1. The molecule has 0 unspecified atom stereocenters. The van der Waals surface area contributed by atoms with Crippen LogP contribution in [0.25, 0.3) is 0 Å². The van der Waals surface area contributed by atoms with Crippen molar-refractivity contribution in [3.8, 4) is 0 Å². The monoisotopic (exact) mass is 321 g/mol. The minimum Gasteiger partial charge on any atom is -0.395 e. The van der Waals surface area contributed by atoms with E-state index < -0.39 is 16.1 Å². The molecule has 0 aliphatic heterocycles. The van der Waals surface area contributed by atoms with Gasteiger partial charge in [0.05, 0.1) is 17.5 Å². The van der Waals surface area contributed by atoms with Gasteiger partial charge >= 0.3 is 0 Å². The second-order valence-corrected chi connectivity index (χ2v) is 8.07. The zero-order chi connectivity index (χ0) is 14.3. The van der Waals surface area contributed by atoms with Crippen molar-refractivity contribution < 1.29 is 13.5 Å². The minimum atomic E-state index is -3.56. The van der Waals surface area contributed by atoms with Crippen molar-refractivity contribution in [2.24, 2.45) is 0 Å². The third-order valence-electron chi connectivity index (χ3n) is 2.39. The lowest BCUT2D eigenvalue weighted by molar-refractivity contribution is 0.267. The van der Waals surface area contributed by atoms with Gasteiger partial charge in [0.1, 0.15) is 0 Å². The van der Waals surface area contributed by atoms with Crippen molar-refractivity contribution in [3.05, 3.63) is 29.8 Å². The van der Waals surface area contributed by atoms with Crippen LogP contribution >= 0.6 is 23.5 Å². The Hall–Kier alpha value is -0.210. The molecule has 1 rings (SSSR count). The summed E-state index contributed by atoms with van der Waals surface area (Å²) in [4.78, 5) is 0.228. The van der Waals surface area contributed by atoms with Gasteiger partial charge in [0.2, 0.25) is 10.0 Å². The van der Waals surface area contributed by atoms with Gasteiger partial charge in [-0.25, -0.2) is 13.1 Å². The summed E-state index contributed by atoms with van der Waals surface area (Å²) in [5.41, 5.74) is 1.01. The summed E-state index contributed by atoms with van der Waals surface area (Å²) < 4.78 is 26.7. The maximum absolute atomic E-state index is 12.1. The van der Waals surface area contributed by atoms with E-state index in [-0.39, 0.29) is 11.5 Å². The molecule has 1 aromatic rings. The van der Waals surface area contributed by atoms with Crippen LogP contribution in [-0.4, -0.2) is 43.3 Å². The first-order chi connectivity index (χ1) is 8.99. The van der Waals surface area contributed by atoms with Crippen LogP contribution in [0, 0.1) is 6.92 Å². The molecule has 7 heteroatoms. The lowest BCUT2D eigenvalue weighted by atomic mass is 10.2. The number of hydrogen-bond donors (Lipinski definition) is 2. The second kappa shape index (κ2) is 8.16. The Balaban J connectivity index is 2.69. The first kappa shape index (κ1) is 16.8. The molecular formula is C12H19NO3S3. The molecule has 4 nitrogen and oxygen atoms in total. The van der Waals surface area contributed by atoms with Crippen molar-refractivity contribution in [2.45, 2.75) is 17.9 Å². The topological polar surface area (TPSA) is 66.4 Å². The number of nitrogens with one attached hydrogen (secondary N) is 1. The predicted octanol–water partition coefficient (Wildman–Crippen LogP) is 1.69. The summed E-state index contributed by atoms with van der Waals surface area (Å²) in [5.74, 6) is 0.558. The van der Waals surface area contributed by atoms with E-state index in [0.717, 1.165) is 10.6 Å². The number of benzene rings is 1. The fourth-order valence-corrected chi connectivity index (χ4v) is 4.26. The first-order valence-corrected chi connectivity index (χ1v) is 9.79. The highest BCUT2D eigenvalue weighted by molar-refractivity contribution is 8.15. The number of hydrogen-bond acceptors (Lipinski definition) is 5. The smallest absolute Gasteiger partial charge is 0.240 e. The Morgan fingerprint density at radius 1 is 1.32 bits per heavy atom. The minimum absolute atomic E-state index is 0.202. The van der Waals surface area contributed by atoms with E-state index >= 15 is 0 Å². The summed E-state index contributed by atoms with van der Waals surface area (Å²) in [6, 6.07) is 6.20. The van der Waals surface area contributed by atoms with Gasteiger partial charge in [-0.05, 0) is 25.3 Å². The van der Waals surface area contributed by atoms with E-state index in [1.54, 1.807) is 47.8 Å². The Morgan fingerprint density at radius 2 is 1.95 bits per heavy atom. The molecule has 0 spiro atoms. The summed E-state index contributed by atoms with van der Waals surface area (Å²) in [6.45, 7) is 1.70. The van der Waals surface area contributed by atoms with Crippen LogP contribution in [0.5, 0.6) is 0 Å². The van der Waals surface area contributed by atoms with Crippen molar-refractivity contribution in [1.29, 1.82) is 0 Å². The molecule has 1 aromatic carbocycles. The number of thioether (sulfide) groups is 2. The molecule has 108 valence electrons. The van der Waals surface area contributed by atoms with Gasteiger partial charge in [0, 0.05) is 10.8 Å². The molecule has 2 N–H and O–H groups in total. The zero-order valence-corrected chi connectivity index (χ0v) is 13.4. The highest BCUT2D eigenvalue weighted by Crippen LogP contribution is 2.13. The second-order valence-electron chi connectivity index (χ2n) is 4.09. The van der Waals surface area contributed by atoms with Gasteiger partial charge in [-0.2, -0.15) is 11.8 Å². The molecule has 0 fully saturated rings. The quantitative estimate of drug-likeness (QED) is 0.563. The standard InChI is InChI=1S/C12H19NO3S3/c1-10-3-5-12(6-4-10)19(15,16)13-11(7-14)8-18-9-17-2/h3-6,11,13-14H,7-9H2,1-2H3/t11-/m1/s1.